The molecule has 0 aliphatic heterocycles. The highest BCUT2D eigenvalue weighted by Gasteiger charge is 2.32. The van der Waals surface area contributed by atoms with E-state index in [4.69, 9.17) is 4.74 Å². The second kappa shape index (κ2) is 6.49. The zero-order chi connectivity index (χ0) is 18.9. The summed E-state index contributed by atoms with van der Waals surface area (Å²) in [5.74, 6) is -0.0326. The van der Waals surface area contributed by atoms with E-state index in [2.05, 4.69) is 9.71 Å². The topological polar surface area (TPSA) is 68.3 Å². The van der Waals surface area contributed by atoms with Crippen molar-refractivity contribution in [2.45, 2.75) is 11.1 Å². The summed E-state index contributed by atoms with van der Waals surface area (Å²) in [4.78, 5) is 3.91. The summed E-state index contributed by atoms with van der Waals surface area (Å²) < 4.78 is 71.5. The van der Waals surface area contributed by atoms with Crippen LogP contribution in [0.4, 0.5) is 18.9 Å². The van der Waals surface area contributed by atoms with Gasteiger partial charge in [0.2, 0.25) is 0 Å². The molecule has 3 aromatic rings. The summed E-state index contributed by atoms with van der Waals surface area (Å²) in [6.45, 7) is 0. The first-order valence-electron chi connectivity index (χ1n) is 7.34. The number of methoxy groups -OCH3 is 1. The van der Waals surface area contributed by atoms with E-state index in [9.17, 15) is 21.6 Å². The van der Waals surface area contributed by atoms with E-state index < -0.39 is 21.8 Å². The molecule has 0 atom stereocenters. The molecule has 1 aromatic heterocycles. The van der Waals surface area contributed by atoms with Gasteiger partial charge in [-0.05, 0) is 30.3 Å². The number of halogens is 3. The number of benzene rings is 2. The smallest absolute Gasteiger partial charge is 0.416 e. The summed E-state index contributed by atoms with van der Waals surface area (Å²) >= 11 is 0. The first kappa shape index (κ1) is 18.0. The lowest BCUT2D eigenvalue weighted by atomic mass is 10.2. The van der Waals surface area contributed by atoms with Crippen LogP contribution in [-0.4, -0.2) is 20.5 Å². The van der Waals surface area contributed by atoms with Crippen LogP contribution in [0.25, 0.3) is 10.9 Å². The Morgan fingerprint density at radius 2 is 1.81 bits per heavy atom. The quantitative estimate of drug-likeness (QED) is 0.739. The minimum atomic E-state index is -4.62. The second-order valence-corrected chi connectivity index (χ2v) is 7.00. The number of nitrogens with zero attached hydrogens (tertiary/aromatic N) is 1. The predicted octanol–water partition coefficient (Wildman–Crippen LogP) is 4.06. The Bertz CT molecular complexity index is 1060. The van der Waals surface area contributed by atoms with Crippen LogP contribution in [-0.2, 0) is 16.2 Å². The minimum absolute atomic E-state index is 0.0326. The summed E-state index contributed by atoms with van der Waals surface area (Å²) in [5.41, 5.74) is -1.09. The van der Waals surface area contributed by atoms with Gasteiger partial charge >= 0.3 is 6.18 Å². The van der Waals surface area contributed by atoms with Crippen LogP contribution >= 0.6 is 0 Å². The van der Waals surface area contributed by atoms with E-state index in [1.807, 2.05) is 0 Å². The fourth-order valence-electron chi connectivity index (χ4n) is 2.46. The fraction of sp³-hybridized carbons (Fsp3) is 0.118. The van der Waals surface area contributed by atoms with Gasteiger partial charge in [0.1, 0.15) is 10.6 Å². The van der Waals surface area contributed by atoms with Crippen molar-refractivity contribution in [3.63, 3.8) is 0 Å². The number of rotatable bonds is 4. The third-order valence-corrected chi connectivity index (χ3v) is 5.05. The average molecular weight is 382 g/mol. The van der Waals surface area contributed by atoms with Gasteiger partial charge in [0.15, 0.2) is 0 Å². The molecule has 1 heterocycles. The van der Waals surface area contributed by atoms with Gasteiger partial charge in [-0.25, -0.2) is 8.42 Å². The number of hydrogen-bond donors (Lipinski definition) is 1. The molecule has 136 valence electrons. The first-order valence-corrected chi connectivity index (χ1v) is 8.82. The third kappa shape index (κ3) is 3.43. The number of para-hydroxylation sites is 1. The molecule has 0 unspecified atom stereocenters. The van der Waals surface area contributed by atoms with Gasteiger partial charge in [0.05, 0.1) is 23.9 Å². The van der Waals surface area contributed by atoms with Gasteiger partial charge in [-0.15, -0.1) is 0 Å². The standard InChI is InChI=1S/C17H13F3N2O3S/c1-25-14-8-7-12(17(18,19)20)10-13(14)22-26(23,24)15-6-2-4-11-5-3-9-21-16(11)15/h2-10,22H,1H3. The van der Waals surface area contributed by atoms with E-state index in [-0.39, 0.29) is 21.8 Å². The number of hydrogen-bond acceptors (Lipinski definition) is 4. The maximum absolute atomic E-state index is 12.9. The van der Waals surface area contributed by atoms with Crippen LogP contribution in [0.5, 0.6) is 5.75 Å². The summed E-state index contributed by atoms with van der Waals surface area (Å²) in [7, 11) is -2.96. The van der Waals surface area contributed by atoms with E-state index in [0.29, 0.717) is 11.5 Å². The van der Waals surface area contributed by atoms with E-state index in [1.165, 1.54) is 25.4 Å². The molecule has 26 heavy (non-hydrogen) atoms. The van der Waals surface area contributed by atoms with E-state index in [1.54, 1.807) is 18.2 Å². The van der Waals surface area contributed by atoms with Crippen LogP contribution in [0.3, 0.4) is 0 Å². The second-order valence-electron chi connectivity index (χ2n) is 5.35. The summed E-state index contributed by atoms with van der Waals surface area (Å²) in [6.07, 6.45) is -3.18. The maximum atomic E-state index is 12.9. The number of ether oxygens (including phenoxy) is 1. The Labute approximate surface area is 147 Å². The average Bonchev–Trinajstić information content (AvgIpc) is 2.60. The largest absolute Gasteiger partial charge is 0.495 e. The monoisotopic (exact) mass is 382 g/mol. The minimum Gasteiger partial charge on any atom is -0.495 e. The molecule has 5 nitrogen and oxygen atoms in total. The zero-order valence-corrected chi connectivity index (χ0v) is 14.2. The normalized spacial score (nSPS) is 12.2. The predicted molar refractivity (Wildman–Crippen MR) is 90.5 cm³/mol. The van der Waals surface area contributed by atoms with Crippen LogP contribution in [0.15, 0.2) is 59.6 Å². The molecular weight excluding hydrogens is 369 g/mol. The van der Waals surface area contributed by atoms with Crippen LogP contribution in [0.1, 0.15) is 5.56 Å². The zero-order valence-electron chi connectivity index (χ0n) is 13.4. The Hall–Kier alpha value is -2.81. The molecule has 0 fully saturated rings. The molecule has 0 radical (unpaired) electrons. The van der Waals surface area contributed by atoms with Crippen molar-refractivity contribution in [1.29, 1.82) is 0 Å². The van der Waals surface area contributed by atoms with Crippen molar-refractivity contribution in [1.82, 2.24) is 4.98 Å². The van der Waals surface area contributed by atoms with Gasteiger partial charge in [0.25, 0.3) is 10.0 Å². The third-order valence-electron chi connectivity index (χ3n) is 3.66. The van der Waals surface area contributed by atoms with Crippen LogP contribution in [0.2, 0.25) is 0 Å². The number of alkyl halides is 3. The maximum Gasteiger partial charge on any atom is 0.416 e. The lowest BCUT2D eigenvalue weighted by molar-refractivity contribution is -0.137. The molecule has 0 bridgehead atoms. The Balaban J connectivity index is 2.10. The van der Waals surface area contributed by atoms with Crippen molar-refractivity contribution < 1.29 is 26.3 Å². The first-order chi connectivity index (χ1) is 12.2. The highest BCUT2D eigenvalue weighted by atomic mass is 32.2. The highest BCUT2D eigenvalue weighted by Crippen LogP contribution is 2.36. The molecule has 0 aliphatic rings. The molecule has 0 aliphatic carbocycles. The van der Waals surface area contributed by atoms with Crippen molar-refractivity contribution in [2.24, 2.45) is 0 Å². The van der Waals surface area contributed by atoms with Crippen molar-refractivity contribution in [3.8, 4) is 5.75 Å². The number of fused-ring (bicyclic) bond motifs is 1. The van der Waals surface area contributed by atoms with Gasteiger partial charge in [-0.1, -0.05) is 18.2 Å². The van der Waals surface area contributed by atoms with E-state index in [0.717, 1.165) is 12.1 Å². The Morgan fingerprint density at radius 3 is 2.50 bits per heavy atom. The van der Waals surface area contributed by atoms with E-state index >= 15 is 0 Å². The molecule has 2 aromatic carbocycles. The molecule has 3 rings (SSSR count). The molecule has 1 N–H and O–H groups in total. The SMILES string of the molecule is COc1ccc(C(F)(F)F)cc1NS(=O)(=O)c1cccc2cccnc12. The van der Waals surface area contributed by atoms with Gasteiger partial charge in [-0.2, -0.15) is 13.2 Å². The van der Waals surface area contributed by atoms with Gasteiger partial charge in [0, 0.05) is 11.6 Å². The van der Waals surface area contributed by atoms with Crippen LogP contribution in [0, 0.1) is 0 Å². The van der Waals surface area contributed by atoms with Crippen molar-refractivity contribution in [2.75, 3.05) is 11.8 Å². The number of nitrogens with one attached hydrogen (secondary N) is 1. The van der Waals surface area contributed by atoms with Crippen molar-refractivity contribution in [3.05, 3.63) is 60.3 Å². The Morgan fingerprint density at radius 1 is 1.08 bits per heavy atom. The Kier molecular flexibility index (Phi) is 4.49. The number of sulfonamides is 1. The molecule has 9 heteroatoms. The summed E-state index contributed by atoms with van der Waals surface area (Å²) in [5, 5.41) is 0.589. The number of pyridine rings is 1. The van der Waals surface area contributed by atoms with Crippen LogP contribution < -0.4 is 9.46 Å². The lowest BCUT2D eigenvalue weighted by Crippen LogP contribution is -2.15. The van der Waals surface area contributed by atoms with Gasteiger partial charge < -0.3 is 4.74 Å². The fourth-order valence-corrected chi connectivity index (χ4v) is 3.70. The highest BCUT2D eigenvalue weighted by molar-refractivity contribution is 7.93. The molecule has 0 amide bonds. The molecular formula is C17H13F3N2O3S. The lowest BCUT2D eigenvalue weighted by Gasteiger charge is -2.15. The number of aromatic nitrogens is 1. The van der Waals surface area contributed by atoms with Crippen molar-refractivity contribution >= 4 is 26.6 Å². The molecule has 0 saturated carbocycles. The summed E-state index contributed by atoms with van der Waals surface area (Å²) in [6, 6.07) is 10.5. The number of anilines is 1. The molecule has 0 saturated heterocycles. The molecule has 0 spiro atoms. The van der Waals surface area contributed by atoms with Gasteiger partial charge in [-0.3, -0.25) is 9.71 Å².